The Bertz CT molecular complexity index is 940. The number of nitrogens with zero attached hydrogens (tertiary/aromatic N) is 2. The van der Waals surface area contributed by atoms with Crippen LogP contribution in [0.15, 0.2) is 52.5 Å². The first-order valence-electron chi connectivity index (χ1n) is 7.26. The van der Waals surface area contributed by atoms with E-state index in [2.05, 4.69) is 25.6 Å². The number of amides is 1. The van der Waals surface area contributed by atoms with Crippen LogP contribution in [0, 0.1) is 0 Å². The number of hydrogen-bond donors (Lipinski definition) is 3. The van der Waals surface area contributed by atoms with Crippen LogP contribution in [-0.4, -0.2) is 20.9 Å². The number of anilines is 2. The van der Waals surface area contributed by atoms with Gasteiger partial charge in [0, 0.05) is 5.38 Å². The number of aromatic nitrogens is 3. The average molecular weight is 339 g/mol. The maximum absolute atomic E-state index is 12.3. The van der Waals surface area contributed by atoms with E-state index in [4.69, 9.17) is 4.42 Å². The molecule has 7 nitrogen and oxygen atoms in total. The van der Waals surface area contributed by atoms with E-state index in [-0.39, 0.29) is 5.91 Å². The lowest BCUT2D eigenvalue weighted by Gasteiger charge is -1.99. The third-order valence-corrected chi connectivity index (χ3v) is 4.15. The van der Waals surface area contributed by atoms with Gasteiger partial charge in [-0.15, -0.1) is 11.3 Å². The van der Waals surface area contributed by atoms with E-state index in [9.17, 15) is 4.79 Å². The quantitative estimate of drug-likeness (QED) is 0.517. The van der Waals surface area contributed by atoms with Crippen molar-refractivity contribution in [2.24, 2.45) is 0 Å². The first-order chi connectivity index (χ1) is 11.8. The number of furan rings is 1. The van der Waals surface area contributed by atoms with E-state index in [1.165, 1.54) is 11.3 Å². The highest BCUT2D eigenvalue weighted by Gasteiger charge is 2.13. The first kappa shape index (κ1) is 14.5. The van der Waals surface area contributed by atoms with Crippen LogP contribution in [0.1, 0.15) is 16.2 Å². The Hall–Kier alpha value is -3.13. The first-order valence-corrected chi connectivity index (χ1v) is 8.14. The number of nitrogens with one attached hydrogen (secondary N) is 3. The summed E-state index contributed by atoms with van der Waals surface area (Å²) in [6, 6.07) is 11.3. The third kappa shape index (κ3) is 2.99. The number of benzene rings is 1. The summed E-state index contributed by atoms with van der Waals surface area (Å²) in [5.41, 5.74) is 2.00. The van der Waals surface area contributed by atoms with Crippen LogP contribution in [0.3, 0.4) is 0 Å². The highest BCUT2D eigenvalue weighted by molar-refractivity contribution is 7.13. The fourth-order valence-corrected chi connectivity index (χ4v) is 2.91. The van der Waals surface area contributed by atoms with Crippen LogP contribution in [0.4, 0.5) is 11.1 Å². The molecule has 0 saturated heterocycles. The second-order valence-corrected chi connectivity index (χ2v) is 5.89. The molecule has 1 amide bonds. The average Bonchev–Trinajstić information content (AvgIpc) is 3.32. The molecule has 3 N–H and O–H groups in total. The minimum atomic E-state index is -0.309. The number of hydrogen-bond acceptors (Lipinski definition) is 6. The van der Waals surface area contributed by atoms with Crippen molar-refractivity contribution in [3.05, 3.63) is 59.5 Å². The Morgan fingerprint density at radius 1 is 1.21 bits per heavy atom. The Kier molecular flexibility index (Phi) is 3.72. The molecule has 24 heavy (non-hydrogen) atoms. The topological polar surface area (TPSA) is 95.8 Å². The second-order valence-electron chi connectivity index (χ2n) is 5.03. The van der Waals surface area contributed by atoms with Crippen LogP contribution >= 0.6 is 11.3 Å². The van der Waals surface area contributed by atoms with Gasteiger partial charge in [0.1, 0.15) is 11.5 Å². The van der Waals surface area contributed by atoms with Crippen molar-refractivity contribution in [3.63, 3.8) is 0 Å². The van der Waals surface area contributed by atoms with Crippen molar-refractivity contribution in [3.8, 4) is 0 Å². The zero-order chi connectivity index (χ0) is 16.4. The Balaban J connectivity index is 1.42. The summed E-state index contributed by atoms with van der Waals surface area (Å²) in [7, 11) is 0. The zero-order valence-electron chi connectivity index (χ0n) is 12.4. The molecule has 3 aromatic heterocycles. The number of aromatic amines is 1. The standard InChI is InChI=1S/C16H13N5O2S/c22-14(21-15-18-11-5-1-2-6-12(11)19-15)13-9-24-16(20-13)17-8-10-4-3-7-23-10/h1-7,9H,8H2,(H,17,20)(H2,18,19,21,22). The van der Waals surface area contributed by atoms with Gasteiger partial charge in [0.2, 0.25) is 5.95 Å². The van der Waals surface area contributed by atoms with Crippen LogP contribution in [0.25, 0.3) is 11.0 Å². The molecule has 0 atom stereocenters. The fraction of sp³-hybridized carbons (Fsp3) is 0.0625. The number of H-pyrrole nitrogens is 1. The van der Waals surface area contributed by atoms with Crippen molar-refractivity contribution in [1.82, 2.24) is 15.0 Å². The molecule has 4 rings (SSSR count). The molecular weight excluding hydrogens is 326 g/mol. The number of carbonyl (C=O) groups is 1. The summed E-state index contributed by atoms with van der Waals surface area (Å²) in [6.45, 7) is 0.519. The third-order valence-electron chi connectivity index (χ3n) is 3.35. The van der Waals surface area contributed by atoms with Gasteiger partial charge in [-0.25, -0.2) is 9.97 Å². The van der Waals surface area contributed by atoms with Gasteiger partial charge in [0.25, 0.3) is 5.91 Å². The Morgan fingerprint density at radius 3 is 2.96 bits per heavy atom. The largest absolute Gasteiger partial charge is 0.467 e. The van der Waals surface area contributed by atoms with Gasteiger partial charge in [-0.05, 0) is 24.3 Å². The van der Waals surface area contributed by atoms with Gasteiger partial charge in [-0.3, -0.25) is 10.1 Å². The lowest BCUT2D eigenvalue weighted by Crippen LogP contribution is -2.13. The van der Waals surface area contributed by atoms with Gasteiger partial charge >= 0.3 is 0 Å². The molecule has 8 heteroatoms. The molecular formula is C16H13N5O2S. The summed E-state index contributed by atoms with van der Waals surface area (Å²) in [5.74, 6) is 0.897. The molecule has 0 unspecified atom stereocenters. The van der Waals surface area contributed by atoms with Gasteiger partial charge in [-0.1, -0.05) is 12.1 Å². The zero-order valence-corrected chi connectivity index (χ0v) is 13.3. The molecule has 0 aliphatic heterocycles. The summed E-state index contributed by atoms with van der Waals surface area (Å²) >= 11 is 1.36. The SMILES string of the molecule is O=C(Nc1nc2ccccc2[nH]1)c1csc(NCc2ccco2)n1. The maximum Gasteiger partial charge on any atom is 0.277 e. The molecule has 0 saturated carbocycles. The van der Waals surface area contributed by atoms with Gasteiger partial charge in [-0.2, -0.15) is 0 Å². The number of rotatable bonds is 5. The Labute approximate surface area is 140 Å². The summed E-state index contributed by atoms with van der Waals surface area (Å²) in [5, 5.41) is 8.19. The molecule has 4 aromatic rings. The van der Waals surface area contributed by atoms with Crippen LogP contribution < -0.4 is 10.6 Å². The van der Waals surface area contributed by atoms with Crippen molar-refractivity contribution >= 4 is 39.4 Å². The van der Waals surface area contributed by atoms with Crippen LogP contribution in [0.2, 0.25) is 0 Å². The van der Waals surface area contributed by atoms with Crippen LogP contribution in [0.5, 0.6) is 0 Å². The predicted octanol–water partition coefficient (Wildman–Crippen LogP) is 3.48. The predicted molar refractivity (Wildman–Crippen MR) is 92.2 cm³/mol. The minimum absolute atomic E-state index is 0.309. The molecule has 1 aromatic carbocycles. The van der Waals surface area contributed by atoms with Crippen molar-refractivity contribution in [2.75, 3.05) is 10.6 Å². The molecule has 0 fully saturated rings. The number of fused-ring (bicyclic) bond motifs is 1. The maximum atomic E-state index is 12.3. The molecule has 0 spiro atoms. The van der Waals surface area contributed by atoms with E-state index >= 15 is 0 Å². The van der Waals surface area contributed by atoms with E-state index < -0.39 is 0 Å². The van der Waals surface area contributed by atoms with Crippen molar-refractivity contribution < 1.29 is 9.21 Å². The molecule has 120 valence electrons. The van der Waals surface area contributed by atoms with E-state index in [1.54, 1.807) is 11.6 Å². The number of carbonyl (C=O) groups excluding carboxylic acids is 1. The lowest BCUT2D eigenvalue weighted by molar-refractivity contribution is 0.102. The summed E-state index contributed by atoms with van der Waals surface area (Å²) in [4.78, 5) is 23.9. The molecule has 3 heterocycles. The minimum Gasteiger partial charge on any atom is -0.467 e. The van der Waals surface area contributed by atoms with Gasteiger partial charge < -0.3 is 14.7 Å². The highest BCUT2D eigenvalue weighted by Crippen LogP contribution is 2.18. The number of imidazole rings is 1. The summed E-state index contributed by atoms with van der Waals surface area (Å²) < 4.78 is 5.24. The van der Waals surface area contributed by atoms with Gasteiger partial charge in [0.05, 0.1) is 23.8 Å². The molecule has 0 bridgehead atoms. The number of thiazole rings is 1. The summed E-state index contributed by atoms with van der Waals surface area (Å²) in [6.07, 6.45) is 1.62. The fourth-order valence-electron chi connectivity index (χ4n) is 2.22. The van der Waals surface area contributed by atoms with E-state index in [1.807, 2.05) is 36.4 Å². The molecule has 0 aliphatic carbocycles. The second kappa shape index (κ2) is 6.17. The molecule has 0 radical (unpaired) electrons. The molecule has 0 aliphatic rings. The smallest absolute Gasteiger partial charge is 0.277 e. The van der Waals surface area contributed by atoms with E-state index in [0.717, 1.165) is 16.8 Å². The monoisotopic (exact) mass is 339 g/mol. The van der Waals surface area contributed by atoms with E-state index in [0.29, 0.717) is 23.3 Å². The van der Waals surface area contributed by atoms with Gasteiger partial charge in [0.15, 0.2) is 5.13 Å². The Morgan fingerprint density at radius 2 is 2.12 bits per heavy atom. The van der Waals surface area contributed by atoms with Crippen LogP contribution in [-0.2, 0) is 6.54 Å². The van der Waals surface area contributed by atoms with Crippen molar-refractivity contribution in [2.45, 2.75) is 6.54 Å². The number of para-hydroxylation sites is 2. The van der Waals surface area contributed by atoms with Crippen molar-refractivity contribution in [1.29, 1.82) is 0 Å². The normalized spacial score (nSPS) is 10.8. The highest BCUT2D eigenvalue weighted by atomic mass is 32.1. The lowest BCUT2D eigenvalue weighted by atomic mass is 10.3.